The lowest BCUT2D eigenvalue weighted by Crippen LogP contribution is -2.59. The third-order valence-electron chi connectivity index (χ3n) is 3.42. The minimum absolute atomic E-state index is 0.113. The van der Waals surface area contributed by atoms with Gasteiger partial charge in [-0.1, -0.05) is 6.07 Å². The molecule has 1 aliphatic heterocycles. The molecule has 1 aliphatic rings. The smallest absolute Gasteiger partial charge is 0.331 e. The van der Waals surface area contributed by atoms with Crippen LogP contribution in [0.5, 0.6) is 11.5 Å². The predicted molar refractivity (Wildman–Crippen MR) is 78.7 cm³/mol. The normalized spacial score (nSPS) is 31.4. The third-order valence-corrected chi connectivity index (χ3v) is 3.42. The topological polar surface area (TPSA) is 157 Å². The minimum atomic E-state index is -1.75. The van der Waals surface area contributed by atoms with Crippen LogP contribution < -0.4 is 0 Å². The zero-order valence-electron chi connectivity index (χ0n) is 13.3. The molecule has 24 heavy (non-hydrogen) atoms. The van der Waals surface area contributed by atoms with Crippen molar-refractivity contribution in [2.24, 2.45) is 0 Å². The second-order valence-electron chi connectivity index (χ2n) is 5.12. The molecule has 6 N–H and O–H groups in total. The molecule has 1 aromatic carbocycles. The van der Waals surface area contributed by atoms with Gasteiger partial charge in [-0.15, -0.1) is 0 Å². The van der Waals surface area contributed by atoms with Gasteiger partial charge in [0, 0.05) is 6.08 Å². The van der Waals surface area contributed by atoms with E-state index in [2.05, 4.69) is 0 Å². The molecule has 0 aromatic heterocycles. The van der Waals surface area contributed by atoms with Gasteiger partial charge in [0.15, 0.2) is 23.9 Å². The van der Waals surface area contributed by atoms with E-state index in [1.165, 1.54) is 6.07 Å². The SMILES string of the molecule is [2H]/C(=C\C(=O)O[C@H]1[C@H](O)[C@@H](O)C(O)O[C@@H]1CO)c1ccc(O)c(O)c1. The molecule has 1 heterocycles. The van der Waals surface area contributed by atoms with E-state index in [0.29, 0.717) is 0 Å². The van der Waals surface area contributed by atoms with Gasteiger partial charge in [-0.3, -0.25) is 0 Å². The van der Waals surface area contributed by atoms with Gasteiger partial charge < -0.3 is 40.1 Å². The van der Waals surface area contributed by atoms with Crippen LogP contribution >= 0.6 is 0 Å². The molecule has 1 aromatic rings. The van der Waals surface area contributed by atoms with E-state index in [1.54, 1.807) is 0 Å². The van der Waals surface area contributed by atoms with E-state index in [-0.39, 0.29) is 17.4 Å². The van der Waals surface area contributed by atoms with Crippen LogP contribution in [-0.2, 0) is 14.3 Å². The lowest BCUT2D eigenvalue weighted by atomic mass is 9.99. The average Bonchev–Trinajstić information content (AvgIpc) is 2.57. The Balaban J connectivity index is 2.12. The van der Waals surface area contributed by atoms with Crippen LogP contribution in [0, 0.1) is 0 Å². The highest BCUT2D eigenvalue weighted by molar-refractivity contribution is 5.87. The summed E-state index contributed by atoms with van der Waals surface area (Å²) in [4.78, 5) is 11.9. The summed E-state index contributed by atoms with van der Waals surface area (Å²) >= 11 is 0. The molecule has 0 amide bonds. The van der Waals surface area contributed by atoms with Gasteiger partial charge in [-0.25, -0.2) is 4.79 Å². The van der Waals surface area contributed by atoms with Gasteiger partial charge in [-0.05, 0) is 23.7 Å². The number of esters is 1. The van der Waals surface area contributed by atoms with Crippen molar-refractivity contribution in [3.05, 3.63) is 29.8 Å². The second kappa shape index (κ2) is 7.60. The summed E-state index contributed by atoms with van der Waals surface area (Å²) < 4.78 is 17.5. The first-order valence-corrected chi connectivity index (χ1v) is 6.96. The summed E-state index contributed by atoms with van der Waals surface area (Å²) in [6.07, 6.45) is -7.18. The summed E-state index contributed by atoms with van der Waals surface area (Å²) in [6, 6.07) is 3.14. The standard InChI is InChI=1S/C15H18O9/c16-6-10-14(12(20)13(21)15(22)23-10)24-11(19)4-2-7-1-3-8(17)9(18)5-7/h1-5,10,12-18,20-22H,6H2/b4-2+/t10-,12-,13-,14-,15?/m1/s1/i2D. The van der Waals surface area contributed by atoms with Crippen LogP contribution in [-0.4, -0.2) is 73.9 Å². The van der Waals surface area contributed by atoms with Crippen LogP contribution in [0.3, 0.4) is 0 Å². The van der Waals surface area contributed by atoms with Gasteiger partial charge in [0.1, 0.15) is 18.3 Å². The van der Waals surface area contributed by atoms with Gasteiger partial charge in [0.25, 0.3) is 0 Å². The van der Waals surface area contributed by atoms with Gasteiger partial charge in [0.05, 0.1) is 7.98 Å². The monoisotopic (exact) mass is 343 g/mol. The molecule has 9 nitrogen and oxygen atoms in total. The zero-order valence-corrected chi connectivity index (χ0v) is 12.3. The van der Waals surface area contributed by atoms with E-state index >= 15 is 0 Å². The number of phenols is 2. The molecule has 5 atom stereocenters. The lowest BCUT2D eigenvalue weighted by Gasteiger charge is -2.39. The highest BCUT2D eigenvalue weighted by atomic mass is 16.7. The van der Waals surface area contributed by atoms with Crippen LogP contribution in [0.25, 0.3) is 6.05 Å². The summed E-state index contributed by atoms with van der Waals surface area (Å²) in [5.41, 5.74) is 0.113. The minimum Gasteiger partial charge on any atom is -0.504 e. The lowest BCUT2D eigenvalue weighted by molar-refractivity contribution is -0.289. The first-order chi connectivity index (χ1) is 11.7. The van der Waals surface area contributed by atoms with E-state index in [4.69, 9.17) is 10.8 Å². The molecule has 0 spiro atoms. The van der Waals surface area contributed by atoms with Crippen molar-refractivity contribution in [2.75, 3.05) is 6.61 Å². The van der Waals surface area contributed by atoms with Gasteiger partial charge in [0.2, 0.25) is 0 Å². The molecule has 0 radical (unpaired) electrons. The molecule has 0 bridgehead atoms. The van der Waals surface area contributed by atoms with E-state index < -0.39 is 49.0 Å². The Morgan fingerprint density at radius 2 is 1.96 bits per heavy atom. The molecule has 9 heteroatoms. The van der Waals surface area contributed by atoms with Crippen molar-refractivity contribution in [3.63, 3.8) is 0 Å². The Labute approximate surface area is 138 Å². The quantitative estimate of drug-likeness (QED) is 0.216. The maximum absolute atomic E-state index is 11.9. The van der Waals surface area contributed by atoms with Crippen LogP contribution in [0.2, 0.25) is 0 Å². The van der Waals surface area contributed by atoms with Crippen LogP contribution in [0.15, 0.2) is 24.3 Å². The Kier molecular flexibility index (Phi) is 5.28. The van der Waals surface area contributed by atoms with Crippen LogP contribution in [0.1, 0.15) is 6.93 Å². The summed E-state index contributed by atoms with van der Waals surface area (Å²) in [5, 5.41) is 56.6. The highest BCUT2D eigenvalue weighted by Crippen LogP contribution is 2.26. The number of aliphatic hydroxyl groups is 4. The molecular weight excluding hydrogens is 324 g/mol. The second-order valence-corrected chi connectivity index (χ2v) is 5.12. The fraction of sp³-hybridized carbons (Fsp3) is 0.400. The summed E-state index contributed by atoms with van der Waals surface area (Å²) in [7, 11) is 0. The molecule has 1 saturated heterocycles. The van der Waals surface area contributed by atoms with E-state index in [1.807, 2.05) is 0 Å². The maximum atomic E-state index is 11.9. The van der Waals surface area contributed by atoms with Crippen LogP contribution in [0.4, 0.5) is 0 Å². The number of benzene rings is 1. The Morgan fingerprint density at radius 3 is 2.58 bits per heavy atom. The van der Waals surface area contributed by atoms with E-state index in [0.717, 1.165) is 18.2 Å². The van der Waals surface area contributed by atoms with Crippen molar-refractivity contribution in [3.8, 4) is 11.5 Å². The fourth-order valence-electron chi connectivity index (χ4n) is 2.14. The third kappa shape index (κ3) is 4.02. The Bertz CT molecular complexity index is 660. The Morgan fingerprint density at radius 1 is 1.25 bits per heavy atom. The number of phenolic OH excluding ortho intramolecular Hbond substituents is 2. The molecule has 1 fully saturated rings. The Hall–Kier alpha value is -2.17. The fourth-order valence-corrected chi connectivity index (χ4v) is 2.14. The molecule has 132 valence electrons. The van der Waals surface area contributed by atoms with E-state index in [9.17, 15) is 35.4 Å². The highest BCUT2D eigenvalue weighted by Gasteiger charge is 2.45. The van der Waals surface area contributed by atoms with Crippen molar-refractivity contribution < 1.29 is 46.3 Å². The number of aromatic hydroxyl groups is 2. The molecule has 0 saturated carbocycles. The number of hydrogen-bond acceptors (Lipinski definition) is 9. The van der Waals surface area contributed by atoms with Crippen molar-refractivity contribution in [1.82, 2.24) is 0 Å². The first kappa shape index (κ1) is 16.7. The summed E-state index contributed by atoms with van der Waals surface area (Å²) in [6.45, 7) is -0.692. The predicted octanol–water partition coefficient (Wildman–Crippen LogP) is -1.55. The molecule has 1 unspecified atom stereocenters. The number of rotatable bonds is 4. The van der Waals surface area contributed by atoms with Gasteiger partial charge >= 0.3 is 5.97 Å². The number of aliphatic hydroxyl groups excluding tert-OH is 4. The molecular formula is C15H18O9. The average molecular weight is 343 g/mol. The van der Waals surface area contributed by atoms with Gasteiger partial charge in [-0.2, -0.15) is 0 Å². The maximum Gasteiger partial charge on any atom is 0.331 e. The van der Waals surface area contributed by atoms with Crippen molar-refractivity contribution >= 4 is 12.0 Å². The largest absolute Gasteiger partial charge is 0.504 e. The number of carbonyl (C=O) groups excluding carboxylic acids is 1. The molecule has 2 rings (SSSR count). The summed E-state index contributed by atoms with van der Waals surface area (Å²) in [5.74, 6) is -1.94. The van der Waals surface area contributed by atoms with Crippen molar-refractivity contribution in [1.29, 1.82) is 0 Å². The van der Waals surface area contributed by atoms with Crippen molar-refractivity contribution in [2.45, 2.75) is 30.7 Å². The number of carbonyl (C=O) groups is 1. The number of hydrogen-bond donors (Lipinski definition) is 6. The first-order valence-electron chi connectivity index (χ1n) is 7.46. The number of ether oxygens (including phenoxy) is 2. The zero-order chi connectivity index (χ0) is 18.7. The molecule has 0 aliphatic carbocycles.